The maximum atomic E-state index is 11.4. The van der Waals surface area contributed by atoms with E-state index in [9.17, 15) is 9.59 Å². The van der Waals surface area contributed by atoms with Crippen LogP contribution in [0.3, 0.4) is 0 Å². The number of hydrogen-bond donors (Lipinski definition) is 2. The third kappa shape index (κ3) is 1.98. The lowest BCUT2D eigenvalue weighted by Gasteiger charge is -2.40. The van der Waals surface area contributed by atoms with Crippen molar-refractivity contribution in [2.75, 3.05) is 13.1 Å². The number of rotatable bonds is 2. The Morgan fingerprint density at radius 1 is 1.46 bits per heavy atom. The van der Waals surface area contributed by atoms with Gasteiger partial charge in [-0.1, -0.05) is 0 Å². The molecular formula is C8H14N2O3. The molecule has 0 radical (unpaired) electrons. The number of hydrogen-bond acceptors (Lipinski definition) is 3. The highest BCUT2D eigenvalue weighted by atomic mass is 16.4. The first-order chi connectivity index (χ1) is 5.82. The zero-order valence-electron chi connectivity index (χ0n) is 7.78. The number of carboxylic acids is 1. The van der Waals surface area contributed by atoms with Crippen molar-refractivity contribution in [1.29, 1.82) is 0 Å². The van der Waals surface area contributed by atoms with Crippen LogP contribution >= 0.6 is 0 Å². The van der Waals surface area contributed by atoms with Crippen molar-refractivity contribution in [3.05, 3.63) is 0 Å². The second-order valence-electron chi connectivity index (χ2n) is 3.97. The smallest absolute Gasteiger partial charge is 0.310 e. The predicted octanol–water partition coefficient (Wildman–Crippen LogP) is -0.733. The third-order valence-corrected chi connectivity index (χ3v) is 2.07. The maximum Gasteiger partial charge on any atom is 0.310 e. The van der Waals surface area contributed by atoms with Gasteiger partial charge in [0, 0.05) is 13.1 Å². The molecule has 0 bridgehead atoms. The SMILES string of the molecule is CC(C)(N)C(=O)N1CC(C(=O)O)C1. The number of nitrogens with zero attached hydrogens (tertiary/aromatic N) is 1. The molecule has 1 aliphatic heterocycles. The summed E-state index contributed by atoms with van der Waals surface area (Å²) >= 11 is 0. The molecule has 3 N–H and O–H groups in total. The number of likely N-dealkylation sites (tertiary alicyclic amines) is 1. The van der Waals surface area contributed by atoms with E-state index in [0.29, 0.717) is 0 Å². The molecule has 0 aromatic carbocycles. The van der Waals surface area contributed by atoms with E-state index in [-0.39, 0.29) is 19.0 Å². The fourth-order valence-electron chi connectivity index (χ4n) is 1.21. The second kappa shape index (κ2) is 2.99. The van der Waals surface area contributed by atoms with Gasteiger partial charge in [0.05, 0.1) is 11.5 Å². The molecule has 0 aromatic rings. The highest BCUT2D eigenvalue weighted by Gasteiger charge is 2.39. The molecule has 0 atom stereocenters. The largest absolute Gasteiger partial charge is 0.481 e. The summed E-state index contributed by atoms with van der Waals surface area (Å²) in [7, 11) is 0. The summed E-state index contributed by atoms with van der Waals surface area (Å²) in [5.41, 5.74) is 4.67. The Labute approximate surface area is 76.5 Å². The van der Waals surface area contributed by atoms with Crippen LogP contribution in [0.15, 0.2) is 0 Å². The van der Waals surface area contributed by atoms with Crippen molar-refractivity contribution in [3.63, 3.8) is 0 Å². The van der Waals surface area contributed by atoms with Crippen LogP contribution in [-0.2, 0) is 9.59 Å². The molecule has 0 spiro atoms. The zero-order chi connectivity index (χ0) is 10.2. The molecule has 1 saturated heterocycles. The molecule has 0 saturated carbocycles. The van der Waals surface area contributed by atoms with Crippen LogP contribution in [0.25, 0.3) is 0 Å². The fourth-order valence-corrected chi connectivity index (χ4v) is 1.21. The first-order valence-corrected chi connectivity index (χ1v) is 4.13. The van der Waals surface area contributed by atoms with Crippen molar-refractivity contribution in [3.8, 4) is 0 Å². The van der Waals surface area contributed by atoms with Gasteiger partial charge in [0.25, 0.3) is 0 Å². The molecule has 0 unspecified atom stereocenters. The minimum Gasteiger partial charge on any atom is -0.481 e. The molecule has 74 valence electrons. The summed E-state index contributed by atoms with van der Waals surface area (Å²) < 4.78 is 0. The highest BCUT2D eigenvalue weighted by molar-refractivity contribution is 5.87. The quantitative estimate of drug-likeness (QED) is 0.595. The summed E-state index contributed by atoms with van der Waals surface area (Å²) in [5, 5.41) is 8.57. The molecule has 1 fully saturated rings. The van der Waals surface area contributed by atoms with Gasteiger partial charge in [0.15, 0.2) is 0 Å². The Bertz CT molecular complexity index is 238. The predicted molar refractivity (Wildman–Crippen MR) is 46.0 cm³/mol. The molecular weight excluding hydrogens is 172 g/mol. The lowest BCUT2D eigenvalue weighted by molar-refractivity contribution is -0.154. The maximum absolute atomic E-state index is 11.4. The van der Waals surface area contributed by atoms with Gasteiger partial charge < -0.3 is 15.7 Å². The summed E-state index contributed by atoms with van der Waals surface area (Å²) in [6.07, 6.45) is 0. The number of nitrogens with two attached hydrogens (primary N) is 1. The Balaban J connectivity index is 2.44. The summed E-state index contributed by atoms with van der Waals surface area (Å²) in [4.78, 5) is 23.3. The van der Waals surface area contributed by atoms with E-state index in [1.165, 1.54) is 4.90 Å². The average molecular weight is 186 g/mol. The van der Waals surface area contributed by atoms with Crippen LogP contribution in [0, 0.1) is 5.92 Å². The number of carbonyl (C=O) groups is 2. The van der Waals surface area contributed by atoms with Gasteiger partial charge in [0.2, 0.25) is 5.91 Å². The Morgan fingerprint density at radius 3 is 2.23 bits per heavy atom. The number of carbonyl (C=O) groups excluding carboxylic acids is 1. The molecule has 1 heterocycles. The van der Waals surface area contributed by atoms with Gasteiger partial charge in [-0.05, 0) is 13.8 Å². The van der Waals surface area contributed by atoms with Crippen molar-refractivity contribution >= 4 is 11.9 Å². The van der Waals surface area contributed by atoms with E-state index in [4.69, 9.17) is 10.8 Å². The zero-order valence-corrected chi connectivity index (χ0v) is 7.78. The van der Waals surface area contributed by atoms with Crippen LogP contribution in [0.2, 0.25) is 0 Å². The van der Waals surface area contributed by atoms with Crippen LogP contribution in [0.4, 0.5) is 0 Å². The van der Waals surface area contributed by atoms with Crippen molar-refractivity contribution in [2.24, 2.45) is 11.7 Å². The van der Waals surface area contributed by atoms with Gasteiger partial charge in [-0.3, -0.25) is 9.59 Å². The molecule has 0 aliphatic carbocycles. The summed E-state index contributed by atoms with van der Waals surface area (Å²) in [6.45, 7) is 3.80. The summed E-state index contributed by atoms with van der Waals surface area (Å²) in [5.74, 6) is -1.45. The number of carboxylic acid groups (broad SMARTS) is 1. The van der Waals surface area contributed by atoms with Gasteiger partial charge >= 0.3 is 5.97 Å². The minimum atomic E-state index is -0.899. The topological polar surface area (TPSA) is 83.6 Å². The molecule has 1 aliphatic rings. The standard InChI is InChI=1S/C8H14N2O3/c1-8(2,9)7(13)10-3-5(4-10)6(11)12/h5H,3-4,9H2,1-2H3,(H,11,12). The monoisotopic (exact) mass is 186 g/mol. The third-order valence-electron chi connectivity index (χ3n) is 2.07. The molecule has 13 heavy (non-hydrogen) atoms. The van der Waals surface area contributed by atoms with Crippen molar-refractivity contribution < 1.29 is 14.7 Å². The van der Waals surface area contributed by atoms with E-state index in [2.05, 4.69) is 0 Å². The van der Waals surface area contributed by atoms with Gasteiger partial charge in [-0.25, -0.2) is 0 Å². The van der Waals surface area contributed by atoms with Gasteiger partial charge in [-0.2, -0.15) is 0 Å². The summed E-state index contributed by atoms with van der Waals surface area (Å²) in [6, 6.07) is 0. The molecule has 5 nitrogen and oxygen atoms in total. The van der Waals surface area contributed by atoms with E-state index in [1.54, 1.807) is 13.8 Å². The number of amides is 1. The van der Waals surface area contributed by atoms with Crippen LogP contribution in [-0.4, -0.2) is 40.5 Å². The minimum absolute atomic E-state index is 0.190. The van der Waals surface area contributed by atoms with Crippen molar-refractivity contribution in [2.45, 2.75) is 19.4 Å². The van der Waals surface area contributed by atoms with Crippen molar-refractivity contribution in [1.82, 2.24) is 4.90 Å². The number of aliphatic carboxylic acids is 1. The fraction of sp³-hybridized carbons (Fsp3) is 0.750. The Morgan fingerprint density at radius 2 is 1.92 bits per heavy atom. The Hall–Kier alpha value is -1.10. The van der Waals surface area contributed by atoms with E-state index >= 15 is 0 Å². The van der Waals surface area contributed by atoms with E-state index < -0.39 is 17.4 Å². The highest BCUT2D eigenvalue weighted by Crippen LogP contribution is 2.18. The van der Waals surface area contributed by atoms with Gasteiger partial charge in [0.1, 0.15) is 0 Å². The molecule has 1 amide bonds. The van der Waals surface area contributed by atoms with Crippen LogP contribution < -0.4 is 5.73 Å². The van der Waals surface area contributed by atoms with E-state index in [0.717, 1.165) is 0 Å². The lowest BCUT2D eigenvalue weighted by Crippen LogP contribution is -2.60. The second-order valence-corrected chi connectivity index (χ2v) is 3.97. The Kier molecular flexibility index (Phi) is 2.30. The first kappa shape index (κ1) is 9.98. The molecule has 0 aromatic heterocycles. The van der Waals surface area contributed by atoms with Gasteiger partial charge in [-0.15, -0.1) is 0 Å². The average Bonchev–Trinajstić information content (AvgIpc) is 1.80. The molecule has 5 heteroatoms. The first-order valence-electron chi connectivity index (χ1n) is 4.13. The van der Waals surface area contributed by atoms with E-state index in [1.807, 2.05) is 0 Å². The molecule has 1 rings (SSSR count). The lowest BCUT2D eigenvalue weighted by atomic mass is 9.96. The van der Waals surface area contributed by atoms with Crippen LogP contribution in [0.1, 0.15) is 13.8 Å². The van der Waals surface area contributed by atoms with Crippen LogP contribution in [0.5, 0.6) is 0 Å². The normalized spacial score (nSPS) is 18.2.